The largest absolute Gasteiger partial charge is 0.478 e. The molecule has 0 radical (unpaired) electrons. The van der Waals surface area contributed by atoms with Crippen LogP contribution in [0.15, 0.2) is 24.3 Å². The molecule has 0 aromatic heterocycles. The van der Waals surface area contributed by atoms with Gasteiger partial charge in [0.1, 0.15) is 0 Å². The van der Waals surface area contributed by atoms with Crippen molar-refractivity contribution in [3.8, 4) is 0 Å². The maximum absolute atomic E-state index is 11.2. The van der Waals surface area contributed by atoms with Gasteiger partial charge in [0.15, 0.2) is 0 Å². The third kappa shape index (κ3) is 2.80. The summed E-state index contributed by atoms with van der Waals surface area (Å²) in [6, 6.07) is 6.61. The van der Waals surface area contributed by atoms with Crippen LogP contribution in [0.1, 0.15) is 22.8 Å². The summed E-state index contributed by atoms with van der Waals surface area (Å²) in [5, 5.41) is 7.55. The van der Waals surface area contributed by atoms with Crippen molar-refractivity contribution in [3.63, 3.8) is 0 Å². The number of hydrogen-bond acceptors (Lipinski definition) is 4. The van der Waals surface area contributed by atoms with Crippen molar-refractivity contribution < 1.29 is 14.3 Å². The van der Waals surface area contributed by atoms with Crippen molar-refractivity contribution >= 4 is 11.9 Å². The molecule has 0 fully saturated rings. The minimum atomic E-state index is -0.416. The maximum Gasteiger partial charge on any atom is 0.337 e. The van der Waals surface area contributed by atoms with Crippen molar-refractivity contribution in [3.05, 3.63) is 35.4 Å². The Morgan fingerprint density at radius 3 is 2.67 bits per heavy atom. The van der Waals surface area contributed by atoms with E-state index in [0.29, 0.717) is 17.7 Å². The van der Waals surface area contributed by atoms with E-state index in [2.05, 4.69) is 4.74 Å². The van der Waals surface area contributed by atoms with Crippen LogP contribution in [-0.4, -0.2) is 25.6 Å². The summed E-state index contributed by atoms with van der Waals surface area (Å²) in [7, 11) is 1.32. The Balaban J connectivity index is 2.92. The lowest BCUT2D eigenvalue weighted by molar-refractivity contribution is 0.0600. The summed E-state index contributed by atoms with van der Waals surface area (Å²) in [6.45, 7) is 2.24. The van der Waals surface area contributed by atoms with Crippen LogP contribution in [0.5, 0.6) is 0 Å². The van der Waals surface area contributed by atoms with E-state index in [1.807, 2.05) is 0 Å². The zero-order valence-electron chi connectivity index (χ0n) is 8.74. The topological polar surface area (TPSA) is 59.4 Å². The summed E-state index contributed by atoms with van der Waals surface area (Å²) >= 11 is 0. The second-order valence-corrected chi connectivity index (χ2v) is 2.83. The van der Waals surface area contributed by atoms with Gasteiger partial charge in [0, 0.05) is 5.56 Å². The third-order valence-corrected chi connectivity index (χ3v) is 1.83. The molecular formula is C11H13NO3. The molecule has 0 spiro atoms. The SMILES string of the molecule is CCOC(=N)c1cccc(C(=O)OC)c1. The van der Waals surface area contributed by atoms with E-state index in [-0.39, 0.29) is 5.90 Å². The van der Waals surface area contributed by atoms with E-state index < -0.39 is 5.97 Å². The minimum Gasteiger partial charge on any atom is -0.478 e. The highest BCUT2D eigenvalue weighted by molar-refractivity contribution is 5.96. The number of nitrogens with one attached hydrogen (secondary N) is 1. The molecule has 0 saturated carbocycles. The molecule has 1 aromatic rings. The molecule has 4 nitrogen and oxygen atoms in total. The number of hydrogen-bond donors (Lipinski definition) is 1. The number of methoxy groups -OCH3 is 1. The Morgan fingerprint density at radius 2 is 2.07 bits per heavy atom. The van der Waals surface area contributed by atoms with Gasteiger partial charge >= 0.3 is 5.97 Å². The summed E-state index contributed by atoms with van der Waals surface area (Å²) in [4.78, 5) is 11.2. The molecule has 1 N–H and O–H groups in total. The molecule has 1 aromatic carbocycles. The molecule has 0 bridgehead atoms. The number of esters is 1. The molecule has 0 aliphatic heterocycles. The van der Waals surface area contributed by atoms with Crippen LogP contribution >= 0.6 is 0 Å². The van der Waals surface area contributed by atoms with Gasteiger partial charge in [0.05, 0.1) is 19.3 Å². The van der Waals surface area contributed by atoms with Gasteiger partial charge in [-0.3, -0.25) is 5.41 Å². The average Bonchev–Trinajstić information content (AvgIpc) is 2.28. The Bertz CT molecular complexity index is 374. The first-order chi connectivity index (χ1) is 7.19. The smallest absolute Gasteiger partial charge is 0.337 e. The molecule has 0 saturated heterocycles. The van der Waals surface area contributed by atoms with E-state index in [0.717, 1.165) is 0 Å². The van der Waals surface area contributed by atoms with E-state index in [1.165, 1.54) is 7.11 Å². The number of benzene rings is 1. The second kappa shape index (κ2) is 5.14. The van der Waals surface area contributed by atoms with Gasteiger partial charge in [-0.15, -0.1) is 0 Å². The summed E-state index contributed by atoms with van der Waals surface area (Å²) in [5.74, 6) is -0.357. The van der Waals surface area contributed by atoms with Crippen molar-refractivity contribution in [2.45, 2.75) is 6.92 Å². The molecule has 0 aliphatic rings. The zero-order valence-corrected chi connectivity index (χ0v) is 8.74. The first-order valence-corrected chi connectivity index (χ1v) is 4.59. The van der Waals surface area contributed by atoms with Crippen LogP contribution in [0.25, 0.3) is 0 Å². The molecule has 4 heteroatoms. The first-order valence-electron chi connectivity index (χ1n) is 4.59. The lowest BCUT2D eigenvalue weighted by Crippen LogP contribution is -2.07. The van der Waals surface area contributed by atoms with Gasteiger partial charge in [0.2, 0.25) is 5.90 Å². The van der Waals surface area contributed by atoms with Crippen LogP contribution in [-0.2, 0) is 9.47 Å². The summed E-state index contributed by atoms with van der Waals surface area (Å²) in [5.41, 5.74) is 0.985. The van der Waals surface area contributed by atoms with Gasteiger partial charge in [-0.25, -0.2) is 4.79 Å². The second-order valence-electron chi connectivity index (χ2n) is 2.83. The molecule has 1 rings (SSSR count). The van der Waals surface area contributed by atoms with Crippen LogP contribution in [0, 0.1) is 5.41 Å². The fourth-order valence-corrected chi connectivity index (χ4v) is 1.13. The fourth-order valence-electron chi connectivity index (χ4n) is 1.13. The predicted molar refractivity (Wildman–Crippen MR) is 56.2 cm³/mol. The molecule has 0 aliphatic carbocycles. The molecule has 15 heavy (non-hydrogen) atoms. The Labute approximate surface area is 88.3 Å². The third-order valence-electron chi connectivity index (χ3n) is 1.83. The van der Waals surface area contributed by atoms with Crippen molar-refractivity contribution in [2.24, 2.45) is 0 Å². The van der Waals surface area contributed by atoms with Gasteiger partial charge in [-0.2, -0.15) is 0 Å². The fraction of sp³-hybridized carbons (Fsp3) is 0.273. The van der Waals surface area contributed by atoms with Crippen molar-refractivity contribution in [2.75, 3.05) is 13.7 Å². The highest BCUT2D eigenvalue weighted by atomic mass is 16.5. The number of carbonyl (C=O) groups is 1. The first kappa shape index (κ1) is 11.2. The molecule has 80 valence electrons. The van der Waals surface area contributed by atoms with Gasteiger partial charge < -0.3 is 9.47 Å². The van der Waals surface area contributed by atoms with Crippen LogP contribution in [0.3, 0.4) is 0 Å². The quantitative estimate of drug-likeness (QED) is 0.467. The average molecular weight is 207 g/mol. The maximum atomic E-state index is 11.2. The Morgan fingerprint density at radius 1 is 1.40 bits per heavy atom. The molecule has 0 heterocycles. The Kier molecular flexibility index (Phi) is 3.85. The van der Waals surface area contributed by atoms with Gasteiger partial charge in [-0.1, -0.05) is 6.07 Å². The molecule has 0 unspecified atom stereocenters. The molecule has 0 amide bonds. The van der Waals surface area contributed by atoms with E-state index >= 15 is 0 Å². The standard InChI is InChI=1S/C11H13NO3/c1-3-15-10(12)8-5-4-6-9(7-8)11(13)14-2/h4-7,12H,3H2,1-2H3. The Hall–Kier alpha value is -1.84. The van der Waals surface area contributed by atoms with Gasteiger partial charge in [0.25, 0.3) is 0 Å². The summed E-state index contributed by atoms with van der Waals surface area (Å²) in [6.07, 6.45) is 0. The highest BCUT2D eigenvalue weighted by Gasteiger charge is 2.08. The van der Waals surface area contributed by atoms with Crippen molar-refractivity contribution in [1.82, 2.24) is 0 Å². The van der Waals surface area contributed by atoms with E-state index in [1.54, 1.807) is 31.2 Å². The number of ether oxygens (including phenoxy) is 2. The summed E-state index contributed by atoms with van der Waals surface area (Å²) < 4.78 is 9.61. The lowest BCUT2D eigenvalue weighted by Gasteiger charge is -2.05. The van der Waals surface area contributed by atoms with Crippen LogP contribution < -0.4 is 0 Å². The molecule has 0 atom stereocenters. The number of carbonyl (C=O) groups excluding carboxylic acids is 1. The van der Waals surface area contributed by atoms with Crippen LogP contribution in [0.4, 0.5) is 0 Å². The minimum absolute atomic E-state index is 0.0586. The number of rotatable bonds is 3. The van der Waals surface area contributed by atoms with E-state index in [9.17, 15) is 4.79 Å². The highest BCUT2D eigenvalue weighted by Crippen LogP contribution is 2.07. The van der Waals surface area contributed by atoms with E-state index in [4.69, 9.17) is 10.1 Å². The molecular weight excluding hydrogens is 194 g/mol. The van der Waals surface area contributed by atoms with Gasteiger partial charge in [-0.05, 0) is 25.1 Å². The monoisotopic (exact) mass is 207 g/mol. The van der Waals surface area contributed by atoms with Crippen LogP contribution in [0.2, 0.25) is 0 Å². The lowest BCUT2D eigenvalue weighted by atomic mass is 10.1. The van der Waals surface area contributed by atoms with Crippen molar-refractivity contribution in [1.29, 1.82) is 5.41 Å². The predicted octanol–water partition coefficient (Wildman–Crippen LogP) is 1.84. The zero-order chi connectivity index (χ0) is 11.3. The normalized spacial score (nSPS) is 9.47.